The molecule has 1 aliphatic heterocycles. The largest absolute Gasteiger partial charge is 0.497 e. The number of ether oxygens (including phenoxy) is 2. The van der Waals surface area contributed by atoms with Gasteiger partial charge in [0.2, 0.25) is 11.0 Å². The molecule has 1 saturated heterocycles. The first-order valence-electron chi connectivity index (χ1n) is 11.9. The smallest absolute Gasteiger partial charge is 0.338 e. The lowest BCUT2D eigenvalue weighted by Crippen LogP contribution is -2.49. The van der Waals surface area contributed by atoms with Gasteiger partial charge in [0.05, 0.1) is 37.0 Å². The minimum Gasteiger partial charge on any atom is -0.497 e. The average molecular weight is 548 g/mol. The maximum atomic E-state index is 13.6. The summed E-state index contributed by atoms with van der Waals surface area (Å²) < 4.78 is 10.1. The lowest BCUT2D eigenvalue weighted by Gasteiger charge is -2.24. The molecule has 2 N–H and O–H groups in total. The highest BCUT2D eigenvalue weighted by Gasteiger charge is 2.45. The number of amides is 3. The normalized spacial score (nSPS) is 14.7. The first-order chi connectivity index (χ1) is 18.8. The molecule has 11 nitrogen and oxygen atoms in total. The number of pyridine rings is 1. The third kappa shape index (κ3) is 6.18. The molecule has 39 heavy (non-hydrogen) atoms. The minimum absolute atomic E-state index is 0.0385. The van der Waals surface area contributed by atoms with Crippen molar-refractivity contribution >= 4 is 52.4 Å². The SMILES string of the molecule is CCOC(=O)c1ccc(N2C(=O)C(CC(=O)Nc3ccc(OC)cc3)N(NC(=O)c3cccnc3)C2=S)cc1. The topological polar surface area (TPSA) is 130 Å². The molecule has 0 spiro atoms. The minimum atomic E-state index is -1.14. The van der Waals surface area contributed by atoms with Gasteiger partial charge in [-0.3, -0.25) is 29.7 Å². The molecule has 1 aromatic heterocycles. The summed E-state index contributed by atoms with van der Waals surface area (Å²) in [7, 11) is 1.53. The van der Waals surface area contributed by atoms with Crippen molar-refractivity contribution in [2.24, 2.45) is 0 Å². The zero-order valence-electron chi connectivity index (χ0n) is 21.1. The van der Waals surface area contributed by atoms with E-state index in [1.54, 1.807) is 43.3 Å². The second-order valence-electron chi connectivity index (χ2n) is 8.27. The van der Waals surface area contributed by atoms with Crippen LogP contribution in [-0.2, 0) is 14.3 Å². The predicted molar refractivity (Wildman–Crippen MR) is 146 cm³/mol. The second-order valence-corrected chi connectivity index (χ2v) is 8.64. The molecule has 1 fully saturated rings. The standard InChI is InChI=1S/C27H25N5O6S/c1-3-38-26(36)17-6-10-20(11-7-17)31-25(35)22(15-23(33)29-19-8-12-21(37-2)13-9-19)32(27(31)39)30-24(34)18-5-4-14-28-16-18/h4-14,16,22H,3,15H2,1-2H3,(H,29,33)(H,30,34). The van der Waals surface area contributed by atoms with E-state index < -0.39 is 29.7 Å². The zero-order valence-corrected chi connectivity index (χ0v) is 21.9. The Morgan fingerprint density at radius 3 is 2.36 bits per heavy atom. The number of aromatic nitrogens is 1. The number of carbonyl (C=O) groups excluding carboxylic acids is 4. The molecule has 2 aromatic carbocycles. The van der Waals surface area contributed by atoms with Gasteiger partial charge in [-0.1, -0.05) is 0 Å². The number of methoxy groups -OCH3 is 1. The molecule has 200 valence electrons. The summed E-state index contributed by atoms with van der Waals surface area (Å²) in [5.41, 5.74) is 4.04. The van der Waals surface area contributed by atoms with Crippen molar-refractivity contribution in [2.75, 3.05) is 23.9 Å². The van der Waals surface area contributed by atoms with Crippen molar-refractivity contribution in [1.82, 2.24) is 15.4 Å². The van der Waals surface area contributed by atoms with E-state index in [0.29, 0.717) is 22.7 Å². The fourth-order valence-electron chi connectivity index (χ4n) is 3.83. The molecule has 1 unspecified atom stereocenters. The van der Waals surface area contributed by atoms with Crippen LogP contribution in [-0.4, -0.2) is 58.6 Å². The van der Waals surface area contributed by atoms with E-state index in [9.17, 15) is 19.2 Å². The van der Waals surface area contributed by atoms with Gasteiger partial charge in [-0.15, -0.1) is 0 Å². The first kappa shape index (κ1) is 27.2. The maximum Gasteiger partial charge on any atom is 0.338 e. The monoisotopic (exact) mass is 547 g/mol. The van der Waals surface area contributed by atoms with Gasteiger partial charge in [0.15, 0.2) is 0 Å². The molecular weight excluding hydrogens is 522 g/mol. The van der Waals surface area contributed by atoms with E-state index in [2.05, 4.69) is 15.7 Å². The van der Waals surface area contributed by atoms with Crippen LogP contribution in [0.4, 0.5) is 11.4 Å². The zero-order chi connectivity index (χ0) is 27.9. The van der Waals surface area contributed by atoms with Crippen LogP contribution in [0.1, 0.15) is 34.1 Å². The molecule has 0 saturated carbocycles. The molecule has 2 heterocycles. The van der Waals surface area contributed by atoms with Gasteiger partial charge in [-0.25, -0.2) is 9.80 Å². The van der Waals surface area contributed by atoms with Crippen LogP contribution >= 0.6 is 12.2 Å². The molecule has 0 bridgehead atoms. The number of benzene rings is 2. The highest BCUT2D eigenvalue weighted by Crippen LogP contribution is 2.27. The lowest BCUT2D eigenvalue weighted by molar-refractivity contribution is -0.124. The molecular formula is C27H25N5O6S. The van der Waals surface area contributed by atoms with Crippen molar-refractivity contribution in [2.45, 2.75) is 19.4 Å². The van der Waals surface area contributed by atoms with Gasteiger partial charge >= 0.3 is 5.97 Å². The van der Waals surface area contributed by atoms with Gasteiger partial charge in [0, 0.05) is 18.1 Å². The van der Waals surface area contributed by atoms with Gasteiger partial charge < -0.3 is 14.8 Å². The van der Waals surface area contributed by atoms with Crippen LogP contribution < -0.4 is 20.4 Å². The number of carbonyl (C=O) groups is 4. The Balaban J connectivity index is 1.58. The summed E-state index contributed by atoms with van der Waals surface area (Å²) in [5.74, 6) is -1.43. The van der Waals surface area contributed by atoms with Gasteiger partial charge in [0.25, 0.3) is 11.8 Å². The van der Waals surface area contributed by atoms with E-state index >= 15 is 0 Å². The van der Waals surface area contributed by atoms with Gasteiger partial charge in [-0.05, 0) is 79.8 Å². The lowest BCUT2D eigenvalue weighted by atomic mass is 10.1. The Hall–Kier alpha value is -4.84. The highest BCUT2D eigenvalue weighted by atomic mass is 32.1. The Bertz CT molecular complexity index is 1380. The van der Waals surface area contributed by atoms with Gasteiger partial charge in [-0.2, -0.15) is 0 Å². The van der Waals surface area contributed by atoms with Crippen LogP contribution in [0, 0.1) is 0 Å². The number of nitrogens with one attached hydrogen (secondary N) is 2. The molecule has 0 radical (unpaired) electrons. The van der Waals surface area contributed by atoms with Crippen molar-refractivity contribution in [3.8, 4) is 5.75 Å². The van der Waals surface area contributed by atoms with Crippen LogP contribution in [0.2, 0.25) is 0 Å². The van der Waals surface area contributed by atoms with Crippen molar-refractivity contribution < 1.29 is 28.7 Å². The summed E-state index contributed by atoms with van der Waals surface area (Å²) in [6, 6.07) is 14.8. The van der Waals surface area contributed by atoms with Crippen LogP contribution in [0.25, 0.3) is 0 Å². The predicted octanol–water partition coefficient (Wildman–Crippen LogP) is 2.94. The van der Waals surface area contributed by atoms with E-state index in [4.69, 9.17) is 21.7 Å². The fourth-order valence-corrected chi connectivity index (χ4v) is 4.20. The molecule has 12 heteroatoms. The molecule has 1 aliphatic rings. The molecule has 0 aliphatic carbocycles. The van der Waals surface area contributed by atoms with Gasteiger partial charge in [0.1, 0.15) is 11.8 Å². The van der Waals surface area contributed by atoms with Crippen LogP contribution in [0.3, 0.4) is 0 Å². The molecule has 3 aromatic rings. The number of rotatable bonds is 9. The third-order valence-electron chi connectivity index (χ3n) is 5.75. The number of nitrogens with zero attached hydrogens (tertiary/aromatic N) is 3. The van der Waals surface area contributed by atoms with Crippen molar-refractivity contribution in [3.05, 3.63) is 84.2 Å². The molecule has 4 rings (SSSR count). The van der Waals surface area contributed by atoms with E-state index in [1.165, 1.54) is 53.7 Å². The number of hydrogen-bond acceptors (Lipinski definition) is 8. The quantitative estimate of drug-likeness (QED) is 0.307. The summed E-state index contributed by atoms with van der Waals surface area (Å²) in [6.45, 7) is 1.92. The van der Waals surface area contributed by atoms with Crippen LogP contribution in [0.15, 0.2) is 73.1 Å². The highest BCUT2D eigenvalue weighted by molar-refractivity contribution is 7.80. The second kappa shape index (κ2) is 12.1. The number of anilines is 2. The van der Waals surface area contributed by atoms with Crippen LogP contribution in [0.5, 0.6) is 5.75 Å². The van der Waals surface area contributed by atoms with E-state index in [-0.39, 0.29) is 23.7 Å². The fraction of sp³-hybridized carbons (Fsp3) is 0.185. The average Bonchev–Trinajstić information content (AvgIpc) is 3.17. The molecule has 1 atom stereocenters. The summed E-state index contributed by atoms with van der Waals surface area (Å²) in [6.07, 6.45) is 2.58. The Morgan fingerprint density at radius 2 is 1.74 bits per heavy atom. The van der Waals surface area contributed by atoms with Crippen molar-refractivity contribution in [1.29, 1.82) is 0 Å². The van der Waals surface area contributed by atoms with E-state index in [0.717, 1.165) is 0 Å². The Kier molecular flexibility index (Phi) is 8.46. The van der Waals surface area contributed by atoms with Crippen molar-refractivity contribution in [3.63, 3.8) is 0 Å². The number of hydrogen-bond donors (Lipinski definition) is 2. The Morgan fingerprint density at radius 1 is 1.03 bits per heavy atom. The number of esters is 1. The summed E-state index contributed by atoms with van der Waals surface area (Å²) >= 11 is 5.57. The van der Waals surface area contributed by atoms with E-state index in [1.807, 2.05) is 0 Å². The summed E-state index contributed by atoms with van der Waals surface area (Å²) in [5, 5.41) is 3.89. The maximum absolute atomic E-state index is 13.6. The Labute approximate surface area is 229 Å². The number of hydrazine groups is 1. The first-order valence-corrected chi connectivity index (χ1v) is 12.3. The third-order valence-corrected chi connectivity index (χ3v) is 6.13. The number of thiocarbonyl (C=S) groups is 1. The summed E-state index contributed by atoms with van der Waals surface area (Å²) in [4.78, 5) is 56.6. The molecule has 3 amide bonds.